The number of aryl methyl sites for hydroxylation is 4. The van der Waals surface area contributed by atoms with Crippen LogP contribution >= 0.6 is 11.3 Å². The molecule has 158 valence electrons. The van der Waals surface area contributed by atoms with E-state index in [-0.39, 0.29) is 0 Å². The second-order valence-corrected chi connectivity index (χ2v) is 10.2. The number of nitrogens with two attached hydrogens (primary N) is 1. The standard InChI is InChI=1S/C25H35NO2S/c1-6-22-20-15-25(4,5)10-9-19(20)24(29-22)21(27)8-7-18-13-16(2)23(17(3)14-18)28-12-11-26/h13-14H,6-12,15,26H2,1-5H3. The van der Waals surface area contributed by atoms with E-state index in [4.69, 9.17) is 10.5 Å². The summed E-state index contributed by atoms with van der Waals surface area (Å²) in [6.45, 7) is 12.1. The van der Waals surface area contributed by atoms with Crippen LogP contribution in [0.5, 0.6) is 5.75 Å². The molecular weight excluding hydrogens is 378 g/mol. The van der Waals surface area contributed by atoms with Crippen LogP contribution in [0.4, 0.5) is 0 Å². The Hall–Kier alpha value is -1.65. The first-order chi connectivity index (χ1) is 13.8. The predicted molar refractivity (Wildman–Crippen MR) is 123 cm³/mol. The van der Waals surface area contributed by atoms with Crippen molar-refractivity contribution in [2.75, 3.05) is 13.2 Å². The van der Waals surface area contributed by atoms with E-state index in [1.165, 1.54) is 28.0 Å². The Bertz CT molecular complexity index is 871. The number of Topliss-reactive ketones (excluding diaryl/α,β-unsaturated/α-hetero) is 1. The van der Waals surface area contributed by atoms with Crippen molar-refractivity contribution in [1.29, 1.82) is 0 Å². The fourth-order valence-electron chi connectivity index (χ4n) is 4.51. The molecule has 0 unspecified atom stereocenters. The van der Waals surface area contributed by atoms with Gasteiger partial charge in [-0.2, -0.15) is 0 Å². The van der Waals surface area contributed by atoms with E-state index >= 15 is 0 Å². The summed E-state index contributed by atoms with van der Waals surface area (Å²) in [4.78, 5) is 15.6. The zero-order valence-electron chi connectivity index (χ0n) is 18.6. The molecule has 3 rings (SSSR count). The lowest BCUT2D eigenvalue weighted by atomic mass is 9.74. The number of hydrogen-bond acceptors (Lipinski definition) is 4. The first-order valence-electron chi connectivity index (χ1n) is 10.9. The Kier molecular flexibility index (Phi) is 6.85. The van der Waals surface area contributed by atoms with Gasteiger partial charge >= 0.3 is 0 Å². The van der Waals surface area contributed by atoms with Gasteiger partial charge in [-0.05, 0) is 79.2 Å². The molecule has 2 aromatic rings. The van der Waals surface area contributed by atoms with Gasteiger partial charge in [-0.15, -0.1) is 11.3 Å². The van der Waals surface area contributed by atoms with Gasteiger partial charge in [0.05, 0.1) is 4.88 Å². The largest absolute Gasteiger partial charge is 0.492 e. The average molecular weight is 414 g/mol. The van der Waals surface area contributed by atoms with Crippen LogP contribution in [0.25, 0.3) is 0 Å². The van der Waals surface area contributed by atoms with Crippen molar-refractivity contribution in [2.24, 2.45) is 11.1 Å². The van der Waals surface area contributed by atoms with Gasteiger partial charge in [-0.1, -0.05) is 32.9 Å². The van der Waals surface area contributed by atoms with Crippen LogP contribution in [-0.4, -0.2) is 18.9 Å². The van der Waals surface area contributed by atoms with Gasteiger partial charge in [0.25, 0.3) is 0 Å². The Morgan fingerprint density at radius 1 is 1.21 bits per heavy atom. The van der Waals surface area contributed by atoms with Gasteiger partial charge in [0.1, 0.15) is 12.4 Å². The summed E-state index contributed by atoms with van der Waals surface area (Å²) in [5.41, 5.74) is 12.2. The molecule has 2 N–H and O–H groups in total. The summed E-state index contributed by atoms with van der Waals surface area (Å²) in [6, 6.07) is 4.30. The summed E-state index contributed by atoms with van der Waals surface area (Å²) in [7, 11) is 0. The number of hydrogen-bond donors (Lipinski definition) is 1. The van der Waals surface area contributed by atoms with Crippen molar-refractivity contribution in [3.05, 3.63) is 49.7 Å². The van der Waals surface area contributed by atoms with Crippen molar-refractivity contribution < 1.29 is 9.53 Å². The molecule has 0 saturated carbocycles. The monoisotopic (exact) mass is 413 g/mol. The number of fused-ring (bicyclic) bond motifs is 1. The zero-order valence-corrected chi connectivity index (χ0v) is 19.4. The Morgan fingerprint density at radius 3 is 2.52 bits per heavy atom. The number of ether oxygens (including phenoxy) is 1. The lowest BCUT2D eigenvalue weighted by Crippen LogP contribution is -2.22. The van der Waals surface area contributed by atoms with E-state index in [0.29, 0.717) is 30.8 Å². The Labute approximate surface area is 179 Å². The molecule has 1 aromatic carbocycles. The Morgan fingerprint density at radius 2 is 1.90 bits per heavy atom. The molecule has 1 aliphatic carbocycles. The van der Waals surface area contributed by atoms with Gasteiger partial charge in [-0.3, -0.25) is 4.79 Å². The van der Waals surface area contributed by atoms with Crippen LogP contribution < -0.4 is 10.5 Å². The van der Waals surface area contributed by atoms with Crippen LogP contribution in [-0.2, 0) is 25.7 Å². The Balaban J connectivity index is 1.74. The van der Waals surface area contributed by atoms with Crippen LogP contribution in [0, 0.1) is 19.3 Å². The number of ketones is 1. The average Bonchev–Trinajstić information content (AvgIpc) is 3.02. The zero-order chi connectivity index (χ0) is 21.2. The number of benzene rings is 1. The maximum absolute atomic E-state index is 13.1. The molecule has 0 bridgehead atoms. The SMILES string of the molecule is CCc1sc(C(=O)CCc2cc(C)c(OCCN)c(C)c2)c2c1CC(C)(C)CC2. The molecule has 0 spiro atoms. The van der Waals surface area contributed by atoms with Crippen LogP contribution in [0.15, 0.2) is 12.1 Å². The minimum Gasteiger partial charge on any atom is -0.492 e. The molecule has 4 heteroatoms. The van der Waals surface area contributed by atoms with Crippen molar-refractivity contribution in [3.8, 4) is 5.75 Å². The maximum Gasteiger partial charge on any atom is 0.173 e. The molecule has 0 saturated heterocycles. The van der Waals surface area contributed by atoms with Crippen LogP contribution in [0.2, 0.25) is 0 Å². The molecule has 1 aromatic heterocycles. The van der Waals surface area contributed by atoms with Crippen LogP contribution in [0.1, 0.15) is 76.0 Å². The number of thiophene rings is 1. The molecule has 1 aliphatic rings. The van der Waals surface area contributed by atoms with Crippen LogP contribution in [0.3, 0.4) is 0 Å². The van der Waals surface area contributed by atoms with Gasteiger partial charge in [-0.25, -0.2) is 0 Å². The maximum atomic E-state index is 13.1. The van der Waals surface area contributed by atoms with E-state index in [1.807, 2.05) is 0 Å². The smallest absolute Gasteiger partial charge is 0.173 e. The minimum absolute atomic E-state index is 0.310. The highest BCUT2D eigenvalue weighted by Crippen LogP contribution is 2.42. The van der Waals surface area contributed by atoms with E-state index < -0.39 is 0 Å². The molecule has 0 radical (unpaired) electrons. The van der Waals surface area contributed by atoms with Crippen molar-refractivity contribution in [3.63, 3.8) is 0 Å². The van der Waals surface area contributed by atoms with Gasteiger partial charge in [0.15, 0.2) is 5.78 Å². The first-order valence-corrected chi connectivity index (χ1v) is 11.7. The van der Waals surface area contributed by atoms with Gasteiger partial charge in [0, 0.05) is 17.8 Å². The second kappa shape index (κ2) is 9.01. The fraction of sp³-hybridized carbons (Fsp3) is 0.560. The third-order valence-corrected chi connectivity index (χ3v) is 7.47. The topological polar surface area (TPSA) is 52.3 Å². The molecule has 0 amide bonds. The van der Waals surface area contributed by atoms with E-state index in [9.17, 15) is 4.79 Å². The molecule has 1 heterocycles. The quantitative estimate of drug-likeness (QED) is 0.574. The summed E-state index contributed by atoms with van der Waals surface area (Å²) >= 11 is 1.76. The van der Waals surface area contributed by atoms with E-state index in [2.05, 4.69) is 46.8 Å². The summed E-state index contributed by atoms with van der Waals surface area (Å²) in [5, 5.41) is 0. The molecular formula is C25H35NO2S. The third kappa shape index (κ3) is 4.92. The van der Waals surface area contributed by atoms with E-state index in [1.54, 1.807) is 11.3 Å². The second-order valence-electron chi connectivity index (χ2n) is 9.13. The summed E-state index contributed by atoms with van der Waals surface area (Å²) in [5.74, 6) is 1.23. The third-order valence-electron chi connectivity index (χ3n) is 6.01. The van der Waals surface area contributed by atoms with Crippen molar-refractivity contribution in [2.45, 2.75) is 73.1 Å². The summed E-state index contributed by atoms with van der Waals surface area (Å²) in [6.07, 6.45) is 5.70. The molecule has 0 aliphatic heterocycles. The highest BCUT2D eigenvalue weighted by molar-refractivity contribution is 7.14. The van der Waals surface area contributed by atoms with E-state index in [0.717, 1.165) is 47.4 Å². The number of carbonyl (C=O) groups excluding carboxylic acids is 1. The molecule has 3 nitrogen and oxygen atoms in total. The normalized spacial score (nSPS) is 15.2. The molecule has 0 atom stereocenters. The predicted octanol–water partition coefficient (Wildman–Crippen LogP) is 5.60. The highest BCUT2D eigenvalue weighted by atomic mass is 32.1. The lowest BCUT2D eigenvalue weighted by Gasteiger charge is -2.30. The first kappa shape index (κ1) is 22.0. The highest BCUT2D eigenvalue weighted by Gasteiger charge is 2.31. The number of rotatable bonds is 8. The molecule has 0 fully saturated rings. The van der Waals surface area contributed by atoms with Gasteiger partial charge < -0.3 is 10.5 Å². The van der Waals surface area contributed by atoms with Gasteiger partial charge in [0.2, 0.25) is 0 Å². The summed E-state index contributed by atoms with van der Waals surface area (Å²) < 4.78 is 5.77. The molecule has 29 heavy (non-hydrogen) atoms. The minimum atomic E-state index is 0.310. The fourth-order valence-corrected chi connectivity index (χ4v) is 5.78. The lowest BCUT2D eigenvalue weighted by molar-refractivity contribution is 0.0985. The van der Waals surface area contributed by atoms with Crippen molar-refractivity contribution >= 4 is 17.1 Å². The number of carbonyl (C=O) groups is 1. The van der Waals surface area contributed by atoms with Crippen molar-refractivity contribution in [1.82, 2.24) is 0 Å².